The highest BCUT2D eigenvalue weighted by molar-refractivity contribution is 5.88. The summed E-state index contributed by atoms with van der Waals surface area (Å²) in [6.07, 6.45) is 5.02. The second-order valence-corrected chi connectivity index (χ2v) is 8.61. The van der Waals surface area contributed by atoms with E-state index in [1.807, 2.05) is 18.3 Å². The molecule has 4 heterocycles. The van der Waals surface area contributed by atoms with Crippen molar-refractivity contribution in [3.63, 3.8) is 0 Å². The lowest BCUT2D eigenvalue weighted by Crippen LogP contribution is -2.73. The van der Waals surface area contributed by atoms with Crippen molar-refractivity contribution in [1.29, 1.82) is 0 Å². The largest absolute Gasteiger partial charge is 0.394 e. The van der Waals surface area contributed by atoms with Gasteiger partial charge in [-0.05, 0) is 35.6 Å². The Morgan fingerprint density at radius 2 is 1.90 bits per heavy atom. The Hall–Kier alpha value is -2.77. The van der Waals surface area contributed by atoms with E-state index in [1.54, 1.807) is 16.0 Å². The molecule has 7 heteroatoms. The molecule has 3 fully saturated rings. The summed E-state index contributed by atoms with van der Waals surface area (Å²) in [5.41, 5.74) is 3.20. The summed E-state index contributed by atoms with van der Waals surface area (Å²) in [7, 11) is 0. The highest BCUT2D eigenvalue weighted by atomic mass is 16.5. The molecule has 162 valence electrons. The molecule has 2 amide bonds. The van der Waals surface area contributed by atoms with Crippen LogP contribution in [0, 0.1) is 5.92 Å². The van der Waals surface area contributed by atoms with Crippen LogP contribution in [0.15, 0.2) is 48.8 Å². The molecule has 7 nitrogen and oxygen atoms in total. The first-order valence-electron chi connectivity index (χ1n) is 11.0. The van der Waals surface area contributed by atoms with Gasteiger partial charge in [0, 0.05) is 44.0 Å². The average molecular weight is 421 g/mol. The Labute approximate surface area is 181 Å². The number of nitrogens with zero attached hydrogens (tertiary/aromatic N) is 3. The Kier molecular flexibility index (Phi) is 5.46. The maximum atomic E-state index is 13.0. The zero-order chi connectivity index (χ0) is 21.4. The third-order valence-electron chi connectivity index (χ3n) is 6.92. The quantitative estimate of drug-likeness (QED) is 0.812. The molecule has 3 aliphatic heterocycles. The van der Waals surface area contributed by atoms with Crippen LogP contribution < -0.4 is 0 Å². The second kappa shape index (κ2) is 8.40. The number of aliphatic hydroxyl groups excluding tert-OH is 1. The summed E-state index contributed by atoms with van der Waals surface area (Å²) < 4.78 is 5.38. The molecular formula is C24H27N3O4. The lowest BCUT2D eigenvalue weighted by atomic mass is 9.73. The van der Waals surface area contributed by atoms with Gasteiger partial charge in [0.15, 0.2) is 0 Å². The Morgan fingerprint density at radius 3 is 2.58 bits per heavy atom. The van der Waals surface area contributed by atoms with Crippen LogP contribution in [0.2, 0.25) is 0 Å². The first kappa shape index (κ1) is 20.2. The fraction of sp³-hybridized carbons (Fsp3) is 0.458. The van der Waals surface area contributed by atoms with Gasteiger partial charge in [-0.25, -0.2) is 0 Å². The Morgan fingerprint density at radius 1 is 1.13 bits per heavy atom. The maximum Gasteiger partial charge on any atom is 0.242 e. The third kappa shape index (κ3) is 3.62. The van der Waals surface area contributed by atoms with Crippen molar-refractivity contribution < 1.29 is 19.4 Å². The highest BCUT2D eigenvalue weighted by Crippen LogP contribution is 2.43. The molecule has 2 aromatic rings. The van der Waals surface area contributed by atoms with Crippen molar-refractivity contribution in [3.8, 4) is 11.1 Å². The molecule has 5 rings (SSSR count). The lowest BCUT2D eigenvalue weighted by Gasteiger charge is -2.59. The number of aromatic nitrogens is 1. The lowest BCUT2D eigenvalue weighted by molar-refractivity contribution is -0.169. The number of rotatable bonds is 4. The molecule has 0 unspecified atom stereocenters. The predicted molar refractivity (Wildman–Crippen MR) is 114 cm³/mol. The van der Waals surface area contributed by atoms with E-state index in [1.165, 1.54) is 0 Å². The molecule has 0 spiro atoms. The molecule has 3 saturated heterocycles. The second-order valence-electron chi connectivity index (χ2n) is 8.61. The molecule has 3 atom stereocenters. The topological polar surface area (TPSA) is 83.0 Å². The minimum atomic E-state index is -0.234. The van der Waals surface area contributed by atoms with Gasteiger partial charge in [0.25, 0.3) is 0 Å². The molecule has 1 N–H and O–H groups in total. The number of benzene rings is 1. The summed E-state index contributed by atoms with van der Waals surface area (Å²) in [6, 6.07) is 11.8. The van der Waals surface area contributed by atoms with Crippen LogP contribution in [0.1, 0.15) is 24.3 Å². The van der Waals surface area contributed by atoms with E-state index in [9.17, 15) is 14.7 Å². The molecule has 1 aromatic heterocycles. The van der Waals surface area contributed by atoms with Crippen LogP contribution >= 0.6 is 0 Å². The van der Waals surface area contributed by atoms with E-state index in [0.717, 1.165) is 29.5 Å². The number of fused-ring (bicyclic) bond motifs is 1. The summed E-state index contributed by atoms with van der Waals surface area (Å²) in [6.45, 7) is 1.76. The van der Waals surface area contributed by atoms with E-state index in [-0.39, 0.29) is 48.9 Å². The number of aliphatic hydroxyl groups is 1. The fourth-order valence-corrected chi connectivity index (χ4v) is 5.30. The van der Waals surface area contributed by atoms with Gasteiger partial charge in [0.1, 0.15) is 0 Å². The number of piperazine rings is 1. The number of carbonyl (C=O) groups is 2. The summed E-state index contributed by atoms with van der Waals surface area (Å²) >= 11 is 0. The van der Waals surface area contributed by atoms with Crippen LogP contribution in [0.25, 0.3) is 11.1 Å². The standard InChI is InChI=1S/C24H27N3O4/c28-15-21-23(17-5-3-16(4-6-17)19-2-1-9-25-12-19)20-13-26(14-22(29)27(20)21)24(30)18-7-10-31-11-8-18/h1-6,9,12,18,20-21,23,28H,7-8,10-11,13-15H2/t20-,21-,23+/m1/s1. The molecule has 0 bridgehead atoms. The Bertz CT molecular complexity index is 943. The van der Waals surface area contributed by atoms with E-state index >= 15 is 0 Å². The Balaban J connectivity index is 1.35. The highest BCUT2D eigenvalue weighted by Gasteiger charge is 2.54. The molecule has 0 aliphatic carbocycles. The van der Waals surface area contributed by atoms with Crippen molar-refractivity contribution in [2.24, 2.45) is 5.92 Å². The number of hydrogen-bond donors (Lipinski definition) is 1. The summed E-state index contributed by atoms with van der Waals surface area (Å²) in [5.74, 6) is -0.0467. The smallest absolute Gasteiger partial charge is 0.242 e. The van der Waals surface area contributed by atoms with Crippen LogP contribution in [0.3, 0.4) is 0 Å². The van der Waals surface area contributed by atoms with Crippen molar-refractivity contribution in [2.45, 2.75) is 30.8 Å². The molecule has 31 heavy (non-hydrogen) atoms. The zero-order valence-electron chi connectivity index (χ0n) is 17.4. The molecular weight excluding hydrogens is 394 g/mol. The van der Waals surface area contributed by atoms with Crippen LogP contribution in [0.5, 0.6) is 0 Å². The van der Waals surface area contributed by atoms with Gasteiger partial charge < -0.3 is 19.6 Å². The number of amides is 2. The van der Waals surface area contributed by atoms with Crippen molar-refractivity contribution in [2.75, 3.05) is 32.9 Å². The predicted octanol–water partition coefficient (Wildman–Crippen LogP) is 1.67. The van der Waals surface area contributed by atoms with Gasteiger partial charge in [0.2, 0.25) is 11.8 Å². The van der Waals surface area contributed by atoms with Gasteiger partial charge in [-0.15, -0.1) is 0 Å². The minimum Gasteiger partial charge on any atom is -0.394 e. The molecule has 1 aromatic carbocycles. The van der Waals surface area contributed by atoms with Gasteiger partial charge in [-0.3, -0.25) is 14.6 Å². The van der Waals surface area contributed by atoms with Gasteiger partial charge in [-0.1, -0.05) is 30.3 Å². The number of pyridine rings is 1. The first-order valence-corrected chi connectivity index (χ1v) is 11.0. The van der Waals surface area contributed by atoms with Crippen LogP contribution in [-0.2, 0) is 14.3 Å². The van der Waals surface area contributed by atoms with E-state index < -0.39 is 0 Å². The molecule has 0 radical (unpaired) electrons. The van der Waals surface area contributed by atoms with Crippen LogP contribution in [0.4, 0.5) is 0 Å². The van der Waals surface area contributed by atoms with Gasteiger partial charge >= 0.3 is 0 Å². The number of hydrogen-bond acceptors (Lipinski definition) is 5. The molecule has 0 saturated carbocycles. The van der Waals surface area contributed by atoms with Crippen LogP contribution in [-0.4, -0.2) is 76.7 Å². The minimum absolute atomic E-state index is 0.0159. The maximum absolute atomic E-state index is 13.0. The normalized spacial score (nSPS) is 26.4. The zero-order valence-corrected chi connectivity index (χ0v) is 17.4. The summed E-state index contributed by atoms with van der Waals surface area (Å²) in [4.78, 5) is 33.5. The van der Waals surface area contributed by atoms with Crippen molar-refractivity contribution in [1.82, 2.24) is 14.8 Å². The SMILES string of the molecule is O=C(C1CCOCC1)N1CC(=O)N2[C@H](CO)[C@@H](c3ccc(-c4cccnc4)cc3)[C@H]2C1. The van der Waals surface area contributed by atoms with E-state index in [0.29, 0.717) is 19.8 Å². The summed E-state index contributed by atoms with van der Waals surface area (Å²) in [5, 5.41) is 9.99. The number of carbonyl (C=O) groups excluding carboxylic acids is 2. The number of ether oxygens (including phenoxy) is 1. The third-order valence-corrected chi connectivity index (χ3v) is 6.92. The van der Waals surface area contributed by atoms with Crippen molar-refractivity contribution >= 4 is 11.8 Å². The average Bonchev–Trinajstić information content (AvgIpc) is 2.81. The van der Waals surface area contributed by atoms with Crippen molar-refractivity contribution in [3.05, 3.63) is 54.4 Å². The monoisotopic (exact) mass is 421 g/mol. The van der Waals surface area contributed by atoms with E-state index in [4.69, 9.17) is 4.74 Å². The first-order chi connectivity index (χ1) is 15.2. The fourth-order valence-electron chi connectivity index (χ4n) is 5.30. The van der Waals surface area contributed by atoms with E-state index in [2.05, 4.69) is 29.2 Å². The van der Waals surface area contributed by atoms with Gasteiger partial charge in [-0.2, -0.15) is 0 Å². The molecule has 3 aliphatic rings. The van der Waals surface area contributed by atoms with Gasteiger partial charge in [0.05, 0.1) is 25.2 Å².